The van der Waals surface area contributed by atoms with E-state index in [4.69, 9.17) is 9.47 Å². The van der Waals surface area contributed by atoms with Crippen molar-refractivity contribution in [3.8, 4) is 0 Å². The monoisotopic (exact) mass is 276 g/mol. The average molecular weight is 276 g/mol. The molecule has 0 aliphatic heterocycles. The van der Waals surface area contributed by atoms with Crippen LogP contribution in [0.2, 0.25) is 0 Å². The molecule has 2 rings (SSSR count). The highest BCUT2D eigenvalue weighted by Crippen LogP contribution is 2.23. The molecule has 0 amide bonds. The molecular formula is C16H20O4. The fourth-order valence-electron chi connectivity index (χ4n) is 1.82. The number of carbonyl (C=O) groups is 2. The van der Waals surface area contributed by atoms with Crippen LogP contribution in [0.5, 0.6) is 0 Å². The van der Waals surface area contributed by atoms with Gasteiger partial charge in [-0.05, 0) is 58.2 Å². The second kappa shape index (κ2) is 5.65. The molecule has 0 atom stereocenters. The molecule has 4 heteroatoms. The molecule has 20 heavy (non-hydrogen) atoms. The predicted octanol–water partition coefficient (Wildman–Crippen LogP) is 3.35. The van der Waals surface area contributed by atoms with Crippen LogP contribution in [0.4, 0.5) is 0 Å². The summed E-state index contributed by atoms with van der Waals surface area (Å²) in [5.41, 5.74) is 0.197. The van der Waals surface area contributed by atoms with Crippen molar-refractivity contribution in [1.82, 2.24) is 0 Å². The molecule has 0 radical (unpaired) electrons. The largest absolute Gasteiger partial charge is 0.459 e. The van der Waals surface area contributed by atoms with Gasteiger partial charge in [-0.1, -0.05) is 6.07 Å². The summed E-state index contributed by atoms with van der Waals surface area (Å²) in [6.45, 7) is 5.42. The summed E-state index contributed by atoms with van der Waals surface area (Å²) in [5, 5.41) is 0. The van der Waals surface area contributed by atoms with Crippen LogP contribution in [0, 0.1) is 0 Å². The van der Waals surface area contributed by atoms with E-state index in [0.29, 0.717) is 11.1 Å². The zero-order chi connectivity index (χ0) is 14.8. The first-order valence-electron chi connectivity index (χ1n) is 6.89. The fraction of sp³-hybridized carbons (Fsp3) is 0.500. The second-order valence-electron chi connectivity index (χ2n) is 6.04. The van der Waals surface area contributed by atoms with E-state index in [2.05, 4.69) is 0 Å². The SMILES string of the molecule is CC(C)(C)OC(=O)c1cccc(C(=O)OC2CCC2)c1. The van der Waals surface area contributed by atoms with E-state index in [1.807, 2.05) is 0 Å². The third-order valence-electron chi connectivity index (χ3n) is 3.06. The highest BCUT2D eigenvalue weighted by molar-refractivity contribution is 5.95. The number of esters is 2. The first-order valence-corrected chi connectivity index (χ1v) is 6.89. The Balaban J connectivity index is 2.06. The lowest BCUT2D eigenvalue weighted by Crippen LogP contribution is -2.25. The summed E-state index contributed by atoms with van der Waals surface area (Å²) in [7, 11) is 0. The van der Waals surface area contributed by atoms with Crippen LogP contribution in [-0.2, 0) is 9.47 Å². The lowest BCUT2D eigenvalue weighted by Gasteiger charge is -2.25. The summed E-state index contributed by atoms with van der Waals surface area (Å²) in [5.74, 6) is -0.809. The van der Waals surface area contributed by atoms with Crippen molar-refractivity contribution in [3.63, 3.8) is 0 Å². The van der Waals surface area contributed by atoms with Crippen LogP contribution in [0.25, 0.3) is 0 Å². The third-order valence-corrected chi connectivity index (χ3v) is 3.06. The molecule has 1 fully saturated rings. The van der Waals surface area contributed by atoms with Crippen molar-refractivity contribution in [2.24, 2.45) is 0 Å². The molecule has 0 heterocycles. The Bertz CT molecular complexity index is 509. The van der Waals surface area contributed by atoms with E-state index in [-0.39, 0.29) is 12.1 Å². The molecule has 0 bridgehead atoms. The van der Waals surface area contributed by atoms with Crippen LogP contribution < -0.4 is 0 Å². The molecule has 1 aromatic rings. The molecule has 0 unspecified atom stereocenters. The molecule has 0 N–H and O–H groups in total. The van der Waals surface area contributed by atoms with Gasteiger partial charge in [-0.15, -0.1) is 0 Å². The maximum Gasteiger partial charge on any atom is 0.338 e. The minimum Gasteiger partial charge on any atom is -0.459 e. The Kier molecular flexibility index (Phi) is 4.12. The molecule has 1 saturated carbocycles. The number of carbonyl (C=O) groups excluding carboxylic acids is 2. The quantitative estimate of drug-likeness (QED) is 0.794. The van der Waals surface area contributed by atoms with E-state index < -0.39 is 11.6 Å². The fourth-order valence-corrected chi connectivity index (χ4v) is 1.82. The maximum atomic E-state index is 12.0. The summed E-state index contributed by atoms with van der Waals surface area (Å²) in [6, 6.07) is 6.47. The van der Waals surface area contributed by atoms with Gasteiger partial charge in [0.25, 0.3) is 0 Å². The Morgan fingerprint density at radius 2 is 1.70 bits per heavy atom. The Labute approximate surface area is 119 Å². The van der Waals surface area contributed by atoms with Crippen molar-refractivity contribution in [3.05, 3.63) is 35.4 Å². The summed E-state index contributed by atoms with van der Waals surface area (Å²) in [6.07, 6.45) is 3.00. The predicted molar refractivity (Wildman–Crippen MR) is 74.7 cm³/mol. The summed E-state index contributed by atoms with van der Waals surface area (Å²) >= 11 is 0. The zero-order valence-corrected chi connectivity index (χ0v) is 12.1. The molecule has 0 spiro atoms. The molecular weight excluding hydrogens is 256 g/mol. The van der Waals surface area contributed by atoms with Crippen LogP contribution >= 0.6 is 0 Å². The van der Waals surface area contributed by atoms with Crippen molar-refractivity contribution in [2.45, 2.75) is 51.7 Å². The van der Waals surface area contributed by atoms with Crippen molar-refractivity contribution >= 4 is 11.9 Å². The van der Waals surface area contributed by atoms with Crippen LogP contribution in [-0.4, -0.2) is 23.6 Å². The third kappa shape index (κ3) is 3.83. The van der Waals surface area contributed by atoms with Gasteiger partial charge in [0.15, 0.2) is 0 Å². The minimum atomic E-state index is -0.556. The molecule has 1 aromatic carbocycles. The van der Waals surface area contributed by atoms with E-state index in [1.54, 1.807) is 39.0 Å². The lowest BCUT2D eigenvalue weighted by atomic mass is 9.96. The van der Waals surface area contributed by atoms with Gasteiger partial charge in [0, 0.05) is 0 Å². The van der Waals surface area contributed by atoms with Gasteiger partial charge < -0.3 is 9.47 Å². The highest BCUT2D eigenvalue weighted by Gasteiger charge is 2.23. The molecule has 108 valence electrons. The van der Waals surface area contributed by atoms with Gasteiger partial charge in [0.2, 0.25) is 0 Å². The van der Waals surface area contributed by atoms with E-state index >= 15 is 0 Å². The lowest BCUT2D eigenvalue weighted by molar-refractivity contribution is 0.00695. The Morgan fingerprint density at radius 3 is 2.20 bits per heavy atom. The molecule has 0 saturated heterocycles. The summed E-state index contributed by atoms with van der Waals surface area (Å²) < 4.78 is 10.6. The number of hydrogen-bond donors (Lipinski definition) is 0. The minimum absolute atomic E-state index is 0.0349. The Morgan fingerprint density at radius 1 is 1.10 bits per heavy atom. The zero-order valence-electron chi connectivity index (χ0n) is 12.1. The van der Waals surface area contributed by atoms with Crippen LogP contribution in [0.3, 0.4) is 0 Å². The van der Waals surface area contributed by atoms with E-state index in [1.165, 1.54) is 6.07 Å². The van der Waals surface area contributed by atoms with Crippen LogP contribution in [0.1, 0.15) is 60.7 Å². The number of benzene rings is 1. The topological polar surface area (TPSA) is 52.6 Å². The highest BCUT2D eigenvalue weighted by atomic mass is 16.6. The van der Waals surface area contributed by atoms with Gasteiger partial charge in [-0.25, -0.2) is 9.59 Å². The van der Waals surface area contributed by atoms with Gasteiger partial charge in [-0.2, -0.15) is 0 Å². The van der Waals surface area contributed by atoms with Crippen molar-refractivity contribution < 1.29 is 19.1 Å². The van der Waals surface area contributed by atoms with Gasteiger partial charge in [0.1, 0.15) is 11.7 Å². The van der Waals surface area contributed by atoms with Gasteiger partial charge >= 0.3 is 11.9 Å². The Hall–Kier alpha value is -1.84. The normalized spacial score (nSPS) is 15.3. The van der Waals surface area contributed by atoms with Crippen LogP contribution in [0.15, 0.2) is 24.3 Å². The van der Waals surface area contributed by atoms with Crippen molar-refractivity contribution in [1.29, 1.82) is 0 Å². The standard InChI is InChI=1S/C16H20O4/c1-16(2,3)20-15(18)12-7-4-6-11(10-12)14(17)19-13-8-5-9-13/h4,6-7,10,13H,5,8-9H2,1-3H3. The maximum absolute atomic E-state index is 12.0. The van der Waals surface area contributed by atoms with E-state index in [9.17, 15) is 9.59 Å². The first kappa shape index (κ1) is 14.6. The van der Waals surface area contributed by atoms with Crippen molar-refractivity contribution in [2.75, 3.05) is 0 Å². The summed E-state index contributed by atoms with van der Waals surface area (Å²) in [4.78, 5) is 23.9. The molecule has 4 nitrogen and oxygen atoms in total. The van der Waals surface area contributed by atoms with E-state index in [0.717, 1.165) is 19.3 Å². The molecule has 1 aliphatic rings. The number of ether oxygens (including phenoxy) is 2. The number of rotatable bonds is 3. The average Bonchev–Trinajstić information content (AvgIpc) is 2.31. The van der Waals surface area contributed by atoms with Gasteiger partial charge in [-0.3, -0.25) is 0 Å². The number of hydrogen-bond acceptors (Lipinski definition) is 4. The molecule has 1 aliphatic carbocycles. The second-order valence-corrected chi connectivity index (χ2v) is 6.04. The first-order chi connectivity index (χ1) is 9.35. The molecule has 0 aromatic heterocycles. The smallest absolute Gasteiger partial charge is 0.338 e. The van der Waals surface area contributed by atoms with Gasteiger partial charge in [0.05, 0.1) is 11.1 Å².